The van der Waals surface area contributed by atoms with E-state index >= 15 is 0 Å². The number of rotatable bonds is 7. The highest BCUT2D eigenvalue weighted by atomic mass is 16.5. The molecule has 10 nitrogen and oxygen atoms in total. The first-order chi connectivity index (χ1) is 17.6. The van der Waals surface area contributed by atoms with Crippen molar-refractivity contribution in [3.63, 3.8) is 0 Å². The van der Waals surface area contributed by atoms with Crippen molar-refractivity contribution in [2.24, 2.45) is 0 Å². The fourth-order valence-electron chi connectivity index (χ4n) is 4.16. The van der Waals surface area contributed by atoms with Gasteiger partial charge in [0.1, 0.15) is 24.5 Å². The van der Waals surface area contributed by atoms with Gasteiger partial charge in [0.2, 0.25) is 11.9 Å². The van der Waals surface area contributed by atoms with E-state index in [0.29, 0.717) is 36.0 Å². The minimum absolute atomic E-state index is 0.206. The number of aliphatic hydroxyl groups is 1. The van der Waals surface area contributed by atoms with Gasteiger partial charge < -0.3 is 29.7 Å². The molecule has 1 aromatic heterocycles. The predicted octanol–water partition coefficient (Wildman–Crippen LogP) is 2.18. The molecule has 0 radical (unpaired) electrons. The zero-order chi connectivity index (χ0) is 24.9. The lowest BCUT2D eigenvalue weighted by atomic mass is 10.1. The molecule has 36 heavy (non-hydrogen) atoms. The molecule has 2 aliphatic rings. The monoisotopic (exact) mass is 486 g/mol. The molecule has 1 amide bonds. The third kappa shape index (κ3) is 5.22. The second-order valence-electron chi connectivity index (χ2n) is 8.56. The Morgan fingerprint density at radius 2 is 1.94 bits per heavy atom. The van der Waals surface area contributed by atoms with Crippen LogP contribution in [0.1, 0.15) is 5.56 Å². The van der Waals surface area contributed by atoms with Gasteiger partial charge in [0.25, 0.3) is 0 Å². The van der Waals surface area contributed by atoms with Crippen molar-refractivity contribution in [2.45, 2.75) is 6.10 Å². The second-order valence-corrected chi connectivity index (χ2v) is 8.56. The molecule has 0 unspecified atom stereocenters. The van der Waals surface area contributed by atoms with Crippen LogP contribution in [-0.4, -0.2) is 78.0 Å². The van der Waals surface area contributed by atoms with E-state index in [1.165, 1.54) is 4.90 Å². The highest BCUT2D eigenvalue weighted by Gasteiger charge is 2.32. The lowest BCUT2D eigenvalue weighted by Gasteiger charge is -2.38. The molecule has 2 aromatic carbocycles. The Bertz CT molecular complexity index is 1260. The Kier molecular flexibility index (Phi) is 6.93. The first-order valence-electron chi connectivity index (χ1n) is 11.8. The van der Waals surface area contributed by atoms with Crippen LogP contribution >= 0.6 is 0 Å². The quantitative estimate of drug-likeness (QED) is 0.517. The van der Waals surface area contributed by atoms with E-state index < -0.39 is 6.61 Å². The SMILES string of the molecule is N#Cc1cc(-c2ccnc(Nc3ccc(N4CCOCC4)cc3)n2)ccc1OC1CN(C(=O)CO)C1. The number of morpholine rings is 1. The average molecular weight is 487 g/mol. The molecule has 0 aliphatic carbocycles. The predicted molar refractivity (Wildman–Crippen MR) is 133 cm³/mol. The lowest BCUT2D eigenvalue weighted by Crippen LogP contribution is -2.56. The first kappa shape index (κ1) is 23.5. The van der Waals surface area contributed by atoms with Crippen molar-refractivity contribution < 1.29 is 19.4 Å². The van der Waals surface area contributed by atoms with Crippen LogP contribution in [0.25, 0.3) is 11.3 Å². The molecular weight excluding hydrogens is 460 g/mol. The largest absolute Gasteiger partial charge is 0.485 e. The van der Waals surface area contributed by atoms with Crippen LogP contribution < -0.4 is 15.0 Å². The summed E-state index contributed by atoms with van der Waals surface area (Å²) in [7, 11) is 0. The van der Waals surface area contributed by atoms with Gasteiger partial charge in [-0.2, -0.15) is 5.26 Å². The highest BCUT2D eigenvalue weighted by Crippen LogP contribution is 2.28. The van der Waals surface area contributed by atoms with Crippen LogP contribution in [0.15, 0.2) is 54.7 Å². The topological polar surface area (TPSA) is 124 Å². The number of carbonyl (C=O) groups excluding carboxylic acids is 1. The maximum atomic E-state index is 11.5. The molecule has 184 valence electrons. The first-order valence-corrected chi connectivity index (χ1v) is 11.8. The van der Waals surface area contributed by atoms with Gasteiger partial charge in [-0.3, -0.25) is 4.79 Å². The number of hydrogen-bond acceptors (Lipinski definition) is 9. The van der Waals surface area contributed by atoms with Gasteiger partial charge in [0.15, 0.2) is 0 Å². The van der Waals surface area contributed by atoms with Crippen molar-refractivity contribution >= 4 is 23.2 Å². The van der Waals surface area contributed by atoms with Crippen molar-refractivity contribution in [1.29, 1.82) is 5.26 Å². The Labute approximate surface area is 208 Å². The summed E-state index contributed by atoms with van der Waals surface area (Å²) in [6, 6.07) is 17.4. The number of aromatic nitrogens is 2. The molecule has 0 bridgehead atoms. The maximum Gasteiger partial charge on any atom is 0.248 e. The van der Waals surface area contributed by atoms with Gasteiger partial charge >= 0.3 is 0 Å². The number of anilines is 3. The summed E-state index contributed by atoms with van der Waals surface area (Å²) in [6.45, 7) is 3.52. The minimum atomic E-state index is -0.514. The van der Waals surface area contributed by atoms with Crippen molar-refractivity contribution in [3.8, 4) is 23.1 Å². The third-order valence-corrected chi connectivity index (χ3v) is 6.18. The molecule has 10 heteroatoms. The van der Waals surface area contributed by atoms with E-state index in [-0.39, 0.29) is 12.0 Å². The van der Waals surface area contributed by atoms with Gasteiger partial charge in [-0.15, -0.1) is 0 Å². The smallest absolute Gasteiger partial charge is 0.248 e. The summed E-state index contributed by atoms with van der Waals surface area (Å²) < 4.78 is 11.3. The number of likely N-dealkylation sites (tertiary alicyclic amines) is 1. The highest BCUT2D eigenvalue weighted by molar-refractivity contribution is 5.78. The van der Waals surface area contributed by atoms with Gasteiger partial charge in [0.05, 0.1) is 37.6 Å². The summed E-state index contributed by atoms with van der Waals surface area (Å²) >= 11 is 0. The Morgan fingerprint density at radius 1 is 1.17 bits per heavy atom. The number of benzene rings is 2. The molecule has 2 N–H and O–H groups in total. The Hall–Kier alpha value is -4.20. The molecular formula is C26H26N6O4. The molecule has 2 aliphatic heterocycles. The standard InChI is InChI=1S/C26H26N6O4/c27-14-19-13-18(1-6-24(19)36-22-15-32(16-22)25(34)17-33)23-7-8-28-26(30-23)29-20-2-4-21(5-3-20)31-9-11-35-12-10-31/h1-8,13,22,33H,9-12,15-17H2,(H,28,29,30). The Balaban J connectivity index is 1.25. The normalized spacial score (nSPS) is 15.7. The fourth-order valence-corrected chi connectivity index (χ4v) is 4.16. The van der Waals surface area contributed by atoms with Crippen LogP contribution in [0.3, 0.4) is 0 Å². The van der Waals surface area contributed by atoms with Crippen LogP contribution in [0, 0.1) is 11.3 Å². The van der Waals surface area contributed by atoms with Crippen molar-refractivity contribution in [3.05, 3.63) is 60.3 Å². The molecule has 3 heterocycles. The van der Waals surface area contributed by atoms with E-state index in [0.717, 1.165) is 43.2 Å². The average Bonchev–Trinajstić information content (AvgIpc) is 2.91. The summed E-state index contributed by atoms with van der Waals surface area (Å²) in [6.07, 6.45) is 1.47. The zero-order valence-corrected chi connectivity index (χ0v) is 19.6. The minimum Gasteiger partial charge on any atom is -0.485 e. The van der Waals surface area contributed by atoms with E-state index in [4.69, 9.17) is 14.6 Å². The van der Waals surface area contributed by atoms with Gasteiger partial charge in [-0.1, -0.05) is 0 Å². The van der Waals surface area contributed by atoms with Gasteiger partial charge in [0, 0.05) is 36.2 Å². The summed E-state index contributed by atoms with van der Waals surface area (Å²) in [5.41, 5.74) is 3.84. The van der Waals surface area contributed by atoms with Crippen molar-refractivity contribution in [1.82, 2.24) is 14.9 Å². The van der Waals surface area contributed by atoms with E-state index in [2.05, 4.69) is 38.4 Å². The van der Waals surface area contributed by atoms with Crippen LogP contribution in [0.2, 0.25) is 0 Å². The van der Waals surface area contributed by atoms with Gasteiger partial charge in [-0.05, 0) is 48.5 Å². The number of aliphatic hydroxyl groups excluding tert-OH is 1. The van der Waals surface area contributed by atoms with Crippen LogP contribution in [0.5, 0.6) is 5.75 Å². The van der Waals surface area contributed by atoms with Gasteiger partial charge in [-0.25, -0.2) is 9.97 Å². The Morgan fingerprint density at radius 3 is 2.67 bits per heavy atom. The summed E-state index contributed by atoms with van der Waals surface area (Å²) in [5, 5.41) is 21.8. The number of nitrogens with zero attached hydrogens (tertiary/aromatic N) is 5. The van der Waals surface area contributed by atoms with Crippen molar-refractivity contribution in [2.75, 3.05) is 56.2 Å². The summed E-state index contributed by atoms with van der Waals surface area (Å²) in [5.74, 6) is 0.579. The number of carbonyl (C=O) groups is 1. The van der Waals surface area contributed by atoms with Crippen LogP contribution in [0.4, 0.5) is 17.3 Å². The maximum absolute atomic E-state index is 11.5. The second kappa shape index (κ2) is 10.6. The lowest BCUT2D eigenvalue weighted by molar-refractivity contribution is -0.142. The van der Waals surface area contributed by atoms with E-state index in [1.54, 1.807) is 24.4 Å². The van der Waals surface area contributed by atoms with E-state index in [9.17, 15) is 10.1 Å². The molecule has 5 rings (SSSR count). The number of amides is 1. The number of nitrogens with one attached hydrogen (secondary N) is 1. The zero-order valence-electron chi connectivity index (χ0n) is 19.6. The fraction of sp³-hybridized carbons (Fsp3) is 0.308. The number of hydrogen-bond donors (Lipinski definition) is 2. The molecule has 0 saturated carbocycles. The third-order valence-electron chi connectivity index (χ3n) is 6.18. The molecule has 3 aromatic rings. The summed E-state index contributed by atoms with van der Waals surface area (Å²) in [4.78, 5) is 24.2. The number of ether oxygens (including phenoxy) is 2. The molecule has 0 atom stereocenters. The number of nitriles is 1. The molecule has 0 spiro atoms. The molecule has 2 fully saturated rings. The van der Waals surface area contributed by atoms with Crippen LogP contribution in [-0.2, 0) is 9.53 Å². The van der Waals surface area contributed by atoms with E-state index in [1.807, 2.05) is 18.2 Å². The molecule has 2 saturated heterocycles.